The summed E-state index contributed by atoms with van der Waals surface area (Å²) in [5.41, 5.74) is 1.87. The minimum absolute atomic E-state index is 0.0512. The average Bonchev–Trinajstić information content (AvgIpc) is 3.49. The first-order chi connectivity index (χ1) is 13.8. The highest BCUT2D eigenvalue weighted by molar-refractivity contribution is 7.99. The van der Waals surface area contributed by atoms with Crippen LogP contribution in [0.5, 0.6) is 0 Å². The normalized spacial score (nSPS) is 18.9. The van der Waals surface area contributed by atoms with Crippen LogP contribution in [-0.4, -0.2) is 35.5 Å². The predicted octanol–water partition coefficient (Wildman–Crippen LogP) is 4.16. The van der Waals surface area contributed by atoms with Crippen LogP contribution < -0.4 is 4.90 Å². The van der Waals surface area contributed by atoms with Crippen molar-refractivity contribution in [1.82, 2.24) is 5.01 Å². The second-order valence-corrected chi connectivity index (χ2v) is 7.87. The number of anilines is 1. The number of amides is 1. The molecule has 0 bridgehead atoms. The third-order valence-electron chi connectivity index (χ3n) is 4.99. The van der Waals surface area contributed by atoms with Crippen LogP contribution in [-0.2, 0) is 4.79 Å². The molecule has 0 N–H and O–H groups in total. The van der Waals surface area contributed by atoms with Crippen LogP contribution in [0.2, 0.25) is 0 Å². The van der Waals surface area contributed by atoms with Crippen LogP contribution in [0.4, 0.5) is 5.69 Å². The third kappa shape index (κ3) is 3.11. The van der Waals surface area contributed by atoms with Gasteiger partial charge in [-0.15, -0.1) is 11.8 Å². The van der Waals surface area contributed by atoms with Crippen molar-refractivity contribution in [1.29, 1.82) is 0 Å². The van der Waals surface area contributed by atoms with E-state index in [0.717, 1.165) is 29.5 Å². The van der Waals surface area contributed by atoms with Gasteiger partial charge in [0.25, 0.3) is 5.91 Å². The van der Waals surface area contributed by atoms with E-state index in [1.807, 2.05) is 48.2 Å². The van der Waals surface area contributed by atoms with Gasteiger partial charge in [-0.3, -0.25) is 4.79 Å². The highest BCUT2D eigenvalue weighted by Gasteiger charge is 2.36. The molecular formula is C21H19N3O3S. The molecule has 0 aliphatic carbocycles. The van der Waals surface area contributed by atoms with Gasteiger partial charge >= 0.3 is 0 Å². The summed E-state index contributed by atoms with van der Waals surface area (Å²) in [6, 6.07) is 15.4. The first-order valence-electron chi connectivity index (χ1n) is 9.23. The quantitative estimate of drug-likeness (QED) is 0.666. The van der Waals surface area contributed by atoms with E-state index in [0.29, 0.717) is 12.2 Å². The van der Waals surface area contributed by atoms with Gasteiger partial charge in [0.2, 0.25) is 0 Å². The number of carbonyl (C=O) groups is 1. The van der Waals surface area contributed by atoms with E-state index >= 15 is 0 Å². The van der Waals surface area contributed by atoms with Crippen molar-refractivity contribution in [3.05, 3.63) is 72.6 Å². The minimum Gasteiger partial charge on any atom is -0.467 e. The smallest absolute Gasteiger partial charge is 0.262 e. The summed E-state index contributed by atoms with van der Waals surface area (Å²) >= 11 is 1.83. The van der Waals surface area contributed by atoms with Crippen LogP contribution in [0.3, 0.4) is 0 Å². The van der Waals surface area contributed by atoms with Gasteiger partial charge in [0.15, 0.2) is 0 Å². The Balaban J connectivity index is 1.42. The zero-order valence-corrected chi connectivity index (χ0v) is 16.0. The number of fused-ring (bicyclic) bond motifs is 1. The SMILES string of the molecule is O=C(CN1CCSc2ccccc21)N1N=C(c2ccco2)C[C@@H]1c1ccco1. The van der Waals surface area contributed by atoms with Crippen molar-refractivity contribution >= 4 is 29.1 Å². The number of rotatable bonds is 4. The second kappa shape index (κ2) is 7.24. The maximum Gasteiger partial charge on any atom is 0.262 e. The Morgan fingerprint density at radius 3 is 2.79 bits per heavy atom. The molecule has 0 unspecified atom stereocenters. The summed E-state index contributed by atoms with van der Waals surface area (Å²) in [6.45, 7) is 1.12. The predicted molar refractivity (Wildman–Crippen MR) is 108 cm³/mol. The van der Waals surface area contributed by atoms with E-state index in [4.69, 9.17) is 8.83 Å². The van der Waals surface area contributed by atoms with Crippen molar-refractivity contribution < 1.29 is 13.6 Å². The Morgan fingerprint density at radius 1 is 1.11 bits per heavy atom. The Labute approximate surface area is 166 Å². The Hall–Kier alpha value is -2.93. The number of hydrogen-bond donors (Lipinski definition) is 0. The summed E-state index contributed by atoms with van der Waals surface area (Å²) in [5.74, 6) is 2.33. The van der Waals surface area contributed by atoms with Crippen LogP contribution in [0.25, 0.3) is 0 Å². The molecule has 2 aromatic heterocycles. The number of hydrogen-bond acceptors (Lipinski definition) is 6. The maximum absolute atomic E-state index is 13.2. The topological polar surface area (TPSA) is 62.2 Å². The highest BCUT2D eigenvalue weighted by atomic mass is 32.2. The number of thioether (sulfide) groups is 1. The van der Waals surface area contributed by atoms with Crippen molar-refractivity contribution in [2.24, 2.45) is 5.10 Å². The molecule has 0 saturated carbocycles. The van der Waals surface area contributed by atoms with Gasteiger partial charge in [-0.2, -0.15) is 5.10 Å². The molecule has 1 amide bonds. The highest BCUT2D eigenvalue weighted by Crippen LogP contribution is 2.36. The van der Waals surface area contributed by atoms with Gasteiger partial charge in [0.1, 0.15) is 23.3 Å². The standard InChI is InChI=1S/C21H19N3O3S/c25-21(14-23-9-12-28-20-8-2-1-5-16(20)23)24-17(19-7-4-11-27-19)13-15(22-24)18-6-3-10-26-18/h1-8,10-11,17H,9,12-14H2/t17-/m1/s1. The second-order valence-electron chi connectivity index (χ2n) is 6.74. The van der Waals surface area contributed by atoms with E-state index in [1.54, 1.807) is 17.5 Å². The fourth-order valence-corrected chi connectivity index (χ4v) is 4.71. The molecule has 7 heteroatoms. The van der Waals surface area contributed by atoms with Crippen LogP contribution >= 0.6 is 11.8 Å². The summed E-state index contributed by atoms with van der Waals surface area (Å²) in [6.07, 6.45) is 3.81. The molecule has 2 aliphatic heterocycles. The zero-order chi connectivity index (χ0) is 18.9. The number of furan rings is 2. The van der Waals surface area contributed by atoms with E-state index in [1.165, 1.54) is 4.90 Å². The van der Waals surface area contributed by atoms with Crippen LogP contribution in [0.1, 0.15) is 24.0 Å². The summed E-state index contributed by atoms with van der Waals surface area (Å²) in [5, 5.41) is 6.16. The molecule has 2 aliphatic rings. The summed E-state index contributed by atoms with van der Waals surface area (Å²) < 4.78 is 11.1. The first-order valence-corrected chi connectivity index (χ1v) is 10.2. The largest absolute Gasteiger partial charge is 0.467 e. The molecule has 0 spiro atoms. The van der Waals surface area contributed by atoms with Gasteiger partial charge < -0.3 is 13.7 Å². The fraction of sp³-hybridized carbons (Fsp3) is 0.238. The fourth-order valence-electron chi connectivity index (χ4n) is 3.66. The van der Waals surface area contributed by atoms with E-state index in [2.05, 4.69) is 22.1 Å². The molecule has 5 rings (SSSR count). The van der Waals surface area contributed by atoms with E-state index in [-0.39, 0.29) is 18.5 Å². The third-order valence-corrected chi connectivity index (χ3v) is 6.04. The molecule has 0 radical (unpaired) electrons. The van der Waals surface area contributed by atoms with Crippen molar-refractivity contribution in [2.75, 3.05) is 23.7 Å². The monoisotopic (exact) mass is 393 g/mol. The lowest BCUT2D eigenvalue weighted by Gasteiger charge is -2.31. The van der Waals surface area contributed by atoms with Gasteiger partial charge in [-0.25, -0.2) is 5.01 Å². The van der Waals surface area contributed by atoms with Crippen molar-refractivity contribution in [3.8, 4) is 0 Å². The molecule has 142 valence electrons. The number of hydrazone groups is 1. The van der Waals surface area contributed by atoms with Gasteiger partial charge in [0, 0.05) is 23.6 Å². The summed E-state index contributed by atoms with van der Waals surface area (Å²) in [4.78, 5) is 16.6. The average molecular weight is 393 g/mol. The van der Waals surface area contributed by atoms with E-state index in [9.17, 15) is 4.79 Å². The summed E-state index contributed by atoms with van der Waals surface area (Å²) in [7, 11) is 0. The molecule has 6 nitrogen and oxygen atoms in total. The van der Waals surface area contributed by atoms with E-state index < -0.39 is 0 Å². The molecule has 1 aromatic carbocycles. The van der Waals surface area contributed by atoms with Crippen LogP contribution in [0.15, 0.2) is 79.9 Å². The molecule has 4 heterocycles. The number of carbonyl (C=O) groups excluding carboxylic acids is 1. The Kier molecular flexibility index (Phi) is 4.44. The Bertz CT molecular complexity index is 998. The molecule has 28 heavy (non-hydrogen) atoms. The van der Waals surface area contributed by atoms with Crippen LogP contribution in [0, 0.1) is 0 Å². The number of para-hydroxylation sites is 1. The first kappa shape index (κ1) is 17.2. The Morgan fingerprint density at radius 2 is 1.96 bits per heavy atom. The molecule has 0 saturated heterocycles. The zero-order valence-electron chi connectivity index (χ0n) is 15.2. The lowest BCUT2D eigenvalue weighted by atomic mass is 10.1. The number of benzene rings is 1. The number of nitrogens with zero attached hydrogens (tertiary/aromatic N) is 3. The van der Waals surface area contributed by atoms with Crippen molar-refractivity contribution in [2.45, 2.75) is 17.4 Å². The van der Waals surface area contributed by atoms with Gasteiger partial charge in [-0.1, -0.05) is 12.1 Å². The molecule has 1 atom stereocenters. The lowest BCUT2D eigenvalue weighted by Crippen LogP contribution is -2.40. The minimum atomic E-state index is -0.253. The maximum atomic E-state index is 13.2. The van der Waals surface area contributed by atoms with Crippen molar-refractivity contribution in [3.63, 3.8) is 0 Å². The van der Waals surface area contributed by atoms with Gasteiger partial charge in [-0.05, 0) is 36.4 Å². The van der Waals surface area contributed by atoms with Gasteiger partial charge in [0.05, 0.1) is 24.8 Å². The lowest BCUT2D eigenvalue weighted by molar-refractivity contribution is -0.131. The molecule has 0 fully saturated rings. The molecule has 3 aromatic rings. The molecular weight excluding hydrogens is 374 g/mol.